The Kier molecular flexibility index (Phi) is 4.76. The highest BCUT2D eigenvalue weighted by atomic mass is 16.5. The molecule has 0 radical (unpaired) electrons. The van der Waals surface area contributed by atoms with Crippen LogP contribution in [0.4, 0.5) is 5.69 Å². The molecule has 7 heteroatoms. The van der Waals surface area contributed by atoms with Crippen molar-refractivity contribution in [1.82, 2.24) is 4.90 Å². The van der Waals surface area contributed by atoms with Crippen LogP contribution >= 0.6 is 0 Å². The van der Waals surface area contributed by atoms with Crippen LogP contribution in [0.3, 0.4) is 0 Å². The van der Waals surface area contributed by atoms with Gasteiger partial charge in [-0.2, -0.15) is 0 Å². The maximum absolute atomic E-state index is 12.6. The van der Waals surface area contributed by atoms with E-state index in [1.54, 1.807) is 30.0 Å². The number of amides is 2. The first-order chi connectivity index (χ1) is 11.9. The van der Waals surface area contributed by atoms with E-state index in [0.717, 1.165) is 0 Å². The number of hydrogen-bond acceptors (Lipinski definition) is 5. The quantitative estimate of drug-likeness (QED) is 0.825. The molecule has 134 valence electrons. The second kappa shape index (κ2) is 6.84. The Bertz CT molecular complexity index is 709. The van der Waals surface area contributed by atoms with Gasteiger partial charge in [0.05, 0.1) is 11.8 Å². The van der Waals surface area contributed by atoms with Crippen LogP contribution in [0.15, 0.2) is 18.2 Å². The second-order valence-corrected chi connectivity index (χ2v) is 6.54. The van der Waals surface area contributed by atoms with Crippen LogP contribution in [0.2, 0.25) is 0 Å². The number of anilines is 1. The molecule has 1 aromatic carbocycles. The van der Waals surface area contributed by atoms with E-state index in [4.69, 9.17) is 4.74 Å². The fourth-order valence-electron chi connectivity index (χ4n) is 3.14. The Hall–Kier alpha value is -2.41. The van der Waals surface area contributed by atoms with Gasteiger partial charge in [0.25, 0.3) is 5.91 Å². The SMILES string of the molecule is CC(=O)c1ccc2c(c1)N(CC(=O)N1CCC(O)CC1)C(=O)C(C)O2. The summed E-state index contributed by atoms with van der Waals surface area (Å²) in [4.78, 5) is 39.8. The summed E-state index contributed by atoms with van der Waals surface area (Å²) in [5.41, 5.74) is 0.907. The monoisotopic (exact) mass is 346 g/mol. The summed E-state index contributed by atoms with van der Waals surface area (Å²) in [6, 6.07) is 4.90. The lowest BCUT2D eigenvalue weighted by Gasteiger charge is -2.35. The summed E-state index contributed by atoms with van der Waals surface area (Å²) in [5, 5.41) is 9.57. The van der Waals surface area contributed by atoms with E-state index in [0.29, 0.717) is 42.9 Å². The molecule has 1 saturated heterocycles. The Morgan fingerprint density at radius 3 is 2.60 bits per heavy atom. The van der Waals surface area contributed by atoms with Crippen LogP contribution in [-0.2, 0) is 9.59 Å². The Morgan fingerprint density at radius 2 is 1.96 bits per heavy atom. The van der Waals surface area contributed by atoms with Crippen LogP contribution in [-0.4, -0.2) is 59.4 Å². The molecule has 0 aliphatic carbocycles. The van der Waals surface area contributed by atoms with E-state index in [1.165, 1.54) is 11.8 Å². The number of ketones is 1. The number of Topliss-reactive ketones (excluding diaryl/α,β-unsaturated/α-hetero) is 1. The molecule has 7 nitrogen and oxygen atoms in total. The number of ether oxygens (including phenoxy) is 1. The van der Waals surface area contributed by atoms with Gasteiger partial charge in [-0.3, -0.25) is 19.3 Å². The number of fused-ring (bicyclic) bond motifs is 1. The van der Waals surface area contributed by atoms with Crippen molar-refractivity contribution in [3.05, 3.63) is 23.8 Å². The lowest BCUT2D eigenvalue weighted by atomic mass is 10.1. The predicted octanol–water partition coefficient (Wildman–Crippen LogP) is 0.986. The Morgan fingerprint density at radius 1 is 1.28 bits per heavy atom. The molecule has 1 N–H and O–H groups in total. The highest BCUT2D eigenvalue weighted by molar-refractivity contribution is 6.05. The molecule has 25 heavy (non-hydrogen) atoms. The minimum Gasteiger partial charge on any atom is -0.479 e. The van der Waals surface area contributed by atoms with E-state index >= 15 is 0 Å². The van der Waals surface area contributed by atoms with Crippen molar-refractivity contribution in [2.45, 2.75) is 38.9 Å². The van der Waals surface area contributed by atoms with Crippen molar-refractivity contribution in [3.63, 3.8) is 0 Å². The molecule has 1 fully saturated rings. The summed E-state index contributed by atoms with van der Waals surface area (Å²) >= 11 is 0. The fraction of sp³-hybridized carbons (Fsp3) is 0.500. The maximum Gasteiger partial charge on any atom is 0.268 e. The summed E-state index contributed by atoms with van der Waals surface area (Å²) in [5.74, 6) is -0.115. The lowest BCUT2D eigenvalue weighted by Crippen LogP contribution is -2.51. The highest BCUT2D eigenvalue weighted by Crippen LogP contribution is 2.35. The number of hydrogen-bond donors (Lipinski definition) is 1. The third-order valence-electron chi connectivity index (χ3n) is 4.68. The summed E-state index contributed by atoms with van der Waals surface area (Å²) in [6.07, 6.45) is 0.0359. The average molecular weight is 346 g/mol. The van der Waals surface area contributed by atoms with E-state index < -0.39 is 6.10 Å². The normalized spacial score (nSPS) is 20.9. The van der Waals surface area contributed by atoms with Gasteiger partial charge in [0, 0.05) is 18.7 Å². The largest absolute Gasteiger partial charge is 0.479 e. The molecular formula is C18H22N2O5. The number of nitrogens with zero attached hydrogens (tertiary/aromatic N) is 2. The minimum atomic E-state index is -0.688. The summed E-state index contributed by atoms with van der Waals surface area (Å²) < 4.78 is 5.59. The third kappa shape index (κ3) is 3.51. The zero-order valence-electron chi connectivity index (χ0n) is 14.4. The zero-order valence-corrected chi connectivity index (χ0v) is 14.4. The van der Waals surface area contributed by atoms with Crippen molar-refractivity contribution in [1.29, 1.82) is 0 Å². The van der Waals surface area contributed by atoms with E-state index in [2.05, 4.69) is 0 Å². The molecule has 1 atom stereocenters. The van der Waals surface area contributed by atoms with Crippen LogP contribution in [0.1, 0.15) is 37.0 Å². The molecule has 0 spiro atoms. The van der Waals surface area contributed by atoms with E-state index in [-0.39, 0.29) is 30.2 Å². The van der Waals surface area contributed by atoms with Gasteiger partial charge in [-0.15, -0.1) is 0 Å². The van der Waals surface area contributed by atoms with Gasteiger partial charge in [-0.25, -0.2) is 0 Å². The van der Waals surface area contributed by atoms with Gasteiger partial charge in [-0.1, -0.05) is 0 Å². The predicted molar refractivity (Wildman–Crippen MR) is 90.7 cm³/mol. The van der Waals surface area contributed by atoms with Crippen LogP contribution < -0.4 is 9.64 Å². The zero-order chi connectivity index (χ0) is 18.1. The summed E-state index contributed by atoms with van der Waals surface area (Å²) in [7, 11) is 0. The lowest BCUT2D eigenvalue weighted by molar-refractivity contribution is -0.134. The Labute approximate surface area is 146 Å². The number of carbonyl (C=O) groups excluding carboxylic acids is 3. The van der Waals surface area contributed by atoms with Gasteiger partial charge >= 0.3 is 0 Å². The minimum absolute atomic E-state index is 0.100. The number of likely N-dealkylation sites (tertiary alicyclic amines) is 1. The fourth-order valence-corrected chi connectivity index (χ4v) is 3.14. The highest BCUT2D eigenvalue weighted by Gasteiger charge is 2.34. The molecule has 2 aliphatic rings. The van der Waals surface area contributed by atoms with Crippen LogP contribution in [0.5, 0.6) is 5.75 Å². The second-order valence-electron chi connectivity index (χ2n) is 6.54. The first kappa shape index (κ1) is 17.4. The van der Waals surface area contributed by atoms with Crippen LogP contribution in [0, 0.1) is 0 Å². The molecular weight excluding hydrogens is 324 g/mol. The number of benzene rings is 1. The molecule has 1 unspecified atom stereocenters. The third-order valence-corrected chi connectivity index (χ3v) is 4.68. The van der Waals surface area contributed by atoms with E-state index in [9.17, 15) is 19.5 Å². The number of carbonyl (C=O) groups is 3. The molecule has 2 heterocycles. The average Bonchev–Trinajstić information content (AvgIpc) is 2.59. The molecule has 0 bridgehead atoms. The molecule has 2 amide bonds. The number of aliphatic hydroxyl groups excluding tert-OH is 1. The van der Waals surface area contributed by atoms with Crippen molar-refractivity contribution >= 4 is 23.3 Å². The number of rotatable bonds is 3. The first-order valence-electron chi connectivity index (χ1n) is 8.45. The van der Waals surface area contributed by atoms with Crippen LogP contribution in [0.25, 0.3) is 0 Å². The number of piperidine rings is 1. The Balaban J connectivity index is 1.84. The van der Waals surface area contributed by atoms with E-state index in [1.807, 2.05) is 0 Å². The molecule has 3 rings (SSSR count). The summed E-state index contributed by atoms with van der Waals surface area (Å²) in [6.45, 7) is 3.95. The molecule has 0 aromatic heterocycles. The number of aliphatic hydroxyl groups is 1. The topological polar surface area (TPSA) is 87.2 Å². The van der Waals surface area contributed by atoms with Gasteiger partial charge in [0.2, 0.25) is 5.91 Å². The molecule has 0 saturated carbocycles. The molecule has 1 aromatic rings. The van der Waals surface area contributed by atoms with Crippen molar-refractivity contribution in [3.8, 4) is 5.75 Å². The van der Waals surface area contributed by atoms with Crippen molar-refractivity contribution < 1.29 is 24.2 Å². The van der Waals surface area contributed by atoms with Gasteiger partial charge in [0.1, 0.15) is 12.3 Å². The van der Waals surface area contributed by atoms with Gasteiger partial charge in [-0.05, 0) is 44.9 Å². The standard InChI is InChI=1S/C18H22N2O5/c1-11(21)13-3-4-16-15(9-13)20(18(24)12(2)25-16)10-17(23)19-7-5-14(22)6-8-19/h3-4,9,12,14,22H,5-8,10H2,1-2H3. The molecule has 2 aliphatic heterocycles. The van der Waals surface area contributed by atoms with Crippen molar-refractivity contribution in [2.24, 2.45) is 0 Å². The smallest absolute Gasteiger partial charge is 0.268 e. The van der Waals surface area contributed by atoms with Gasteiger partial charge < -0.3 is 14.7 Å². The maximum atomic E-state index is 12.6. The van der Waals surface area contributed by atoms with Crippen molar-refractivity contribution in [2.75, 3.05) is 24.5 Å². The van der Waals surface area contributed by atoms with Gasteiger partial charge in [0.15, 0.2) is 11.9 Å². The first-order valence-corrected chi connectivity index (χ1v) is 8.45.